The van der Waals surface area contributed by atoms with Gasteiger partial charge in [-0.3, -0.25) is 0 Å². The van der Waals surface area contributed by atoms with Gasteiger partial charge in [-0.2, -0.15) is 0 Å². The first-order valence-corrected chi connectivity index (χ1v) is 5.19. The highest BCUT2D eigenvalue weighted by Gasteiger charge is 2.67. The molecular formula is C11H20O2. The van der Waals surface area contributed by atoms with Gasteiger partial charge in [0.25, 0.3) is 0 Å². The fraction of sp³-hybridized carbons (Fsp3) is 1.00. The Bertz CT molecular complexity index is 236. The lowest BCUT2D eigenvalue weighted by molar-refractivity contribution is -0.0652. The first-order chi connectivity index (χ1) is 5.86. The Kier molecular flexibility index (Phi) is 1.67. The van der Waals surface area contributed by atoms with Crippen LogP contribution >= 0.6 is 0 Å². The molecule has 2 aliphatic carbocycles. The largest absolute Gasteiger partial charge is 0.396 e. The molecule has 0 radical (unpaired) electrons. The van der Waals surface area contributed by atoms with E-state index in [2.05, 4.69) is 13.8 Å². The van der Waals surface area contributed by atoms with Crippen LogP contribution in [-0.2, 0) is 0 Å². The maximum Gasteiger partial charge on any atom is 0.0731 e. The smallest absolute Gasteiger partial charge is 0.0731 e. The van der Waals surface area contributed by atoms with Crippen LogP contribution < -0.4 is 0 Å². The minimum absolute atomic E-state index is 0.123. The van der Waals surface area contributed by atoms with Crippen molar-refractivity contribution in [2.45, 2.75) is 45.6 Å². The molecule has 0 aliphatic heterocycles. The van der Waals surface area contributed by atoms with E-state index >= 15 is 0 Å². The van der Waals surface area contributed by atoms with Gasteiger partial charge in [-0.25, -0.2) is 0 Å². The van der Waals surface area contributed by atoms with Gasteiger partial charge < -0.3 is 10.2 Å². The van der Waals surface area contributed by atoms with Crippen LogP contribution in [0, 0.1) is 16.7 Å². The summed E-state index contributed by atoms with van der Waals surface area (Å²) in [7, 11) is 0. The number of hydrogen-bond donors (Lipinski definition) is 2. The van der Waals surface area contributed by atoms with Crippen LogP contribution in [0.3, 0.4) is 0 Å². The van der Waals surface area contributed by atoms with Crippen LogP contribution in [0.15, 0.2) is 0 Å². The zero-order valence-electron chi connectivity index (χ0n) is 8.80. The van der Waals surface area contributed by atoms with E-state index < -0.39 is 5.60 Å². The normalized spacial score (nSPS) is 52.8. The molecule has 0 unspecified atom stereocenters. The van der Waals surface area contributed by atoms with Crippen molar-refractivity contribution in [3.8, 4) is 0 Å². The van der Waals surface area contributed by atoms with Crippen LogP contribution in [-0.4, -0.2) is 22.4 Å². The maximum atomic E-state index is 10.4. The summed E-state index contributed by atoms with van der Waals surface area (Å²) in [4.78, 5) is 0. The standard InChI is InChI=1S/C11H20O2/c1-9(2)6-11(13)5-4-8(9)10(11,3)7-12/h8,12-13H,4-7H2,1-3H3/t8-,10-,11-/m0/s1. The Morgan fingerprint density at radius 2 is 1.92 bits per heavy atom. The van der Waals surface area contributed by atoms with E-state index in [1.54, 1.807) is 0 Å². The molecule has 2 nitrogen and oxygen atoms in total. The molecule has 0 spiro atoms. The Balaban J connectivity index is 2.42. The summed E-state index contributed by atoms with van der Waals surface area (Å²) in [6, 6.07) is 0. The minimum atomic E-state index is -0.601. The fourth-order valence-electron chi connectivity index (χ4n) is 3.99. The SMILES string of the molecule is CC1(C)C[C@@]2(O)CC[C@@H]1[C@]2(C)CO. The topological polar surface area (TPSA) is 40.5 Å². The molecule has 76 valence electrons. The van der Waals surface area contributed by atoms with Gasteiger partial charge in [-0.1, -0.05) is 20.8 Å². The van der Waals surface area contributed by atoms with Crippen molar-refractivity contribution >= 4 is 0 Å². The van der Waals surface area contributed by atoms with Crippen molar-refractivity contribution in [2.75, 3.05) is 6.61 Å². The number of aliphatic hydroxyl groups is 2. The van der Waals surface area contributed by atoms with Gasteiger partial charge in [0.1, 0.15) is 0 Å². The van der Waals surface area contributed by atoms with E-state index in [1.807, 2.05) is 6.92 Å². The van der Waals surface area contributed by atoms with Gasteiger partial charge in [0.05, 0.1) is 12.2 Å². The molecular weight excluding hydrogens is 164 g/mol. The summed E-state index contributed by atoms with van der Waals surface area (Å²) >= 11 is 0. The predicted octanol–water partition coefficient (Wildman–Crippen LogP) is 1.56. The average molecular weight is 184 g/mol. The summed E-state index contributed by atoms with van der Waals surface area (Å²) in [5.74, 6) is 0.481. The first kappa shape index (κ1) is 9.47. The van der Waals surface area contributed by atoms with E-state index in [4.69, 9.17) is 0 Å². The molecule has 0 aromatic rings. The summed E-state index contributed by atoms with van der Waals surface area (Å²) in [5.41, 5.74) is -0.656. The minimum Gasteiger partial charge on any atom is -0.396 e. The molecule has 2 aliphatic rings. The lowest BCUT2D eigenvalue weighted by Gasteiger charge is -2.34. The van der Waals surface area contributed by atoms with Crippen LogP contribution in [0.5, 0.6) is 0 Å². The highest BCUT2D eigenvalue weighted by atomic mass is 16.3. The van der Waals surface area contributed by atoms with E-state index in [0.717, 1.165) is 19.3 Å². The molecule has 2 N–H and O–H groups in total. The first-order valence-electron chi connectivity index (χ1n) is 5.19. The molecule has 0 aromatic carbocycles. The second-order valence-corrected chi connectivity index (χ2v) is 5.86. The quantitative estimate of drug-likeness (QED) is 0.649. The van der Waals surface area contributed by atoms with E-state index in [0.29, 0.717) is 5.92 Å². The van der Waals surface area contributed by atoms with Crippen molar-refractivity contribution < 1.29 is 10.2 Å². The lowest BCUT2D eigenvalue weighted by atomic mass is 9.72. The number of hydrogen-bond acceptors (Lipinski definition) is 2. The maximum absolute atomic E-state index is 10.4. The lowest BCUT2D eigenvalue weighted by Crippen LogP contribution is -2.42. The zero-order chi connectivity index (χ0) is 9.91. The molecule has 2 heteroatoms. The Labute approximate surface area is 80.0 Å². The summed E-state index contributed by atoms with van der Waals surface area (Å²) in [6.45, 7) is 6.59. The van der Waals surface area contributed by atoms with Crippen LogP contribution in [0.25, 0.3) is 0 Å². The van der Waals surface area contributed by atoms with Gasteiger partial charge in [-0.15, -0.1) is 0 Å². The fourth-order valence-corrected chi connectivity index (χ4v) is 3.99. The molecule has 2 rings (SSSR count). The van der Waals surface area contributed by atoms with E-state index in [1.165, 1.54) is 0 Å². The van der Waals surface area contributed by atoms with E-state index in [9.17, 15) is 10.2 Å². The van der Waals surface area contributed by atoms with Crippen LogP contribution in [0.2, 0.25) is 0 Å². The average Bonchev–Trinajstić information content (AvgIpc) is 2.32. The molecule has 2 saturated carbocycles. The predicted molar refractivity (Wildman–Crippen MR) is 51.3 cm³/mol. The summed E-state index contributed by atoms with van der Waals surface area (Å²) in [6.07, 6.45) is 2.79. The molecule has 0 heterocycles. The zero-order valence-corrected chi connectivity index (χ0v) is 8.80. The molecule has 2 bridgehead atoms. The Morgan fingerprint density at radius 3 is 2.15 bits per heavy atom. The van der Waals surface area contributed by atoms with Crippen LogP contribution in [0.1, 0.15) is 40.0 Å². The van der Waals surface area contributed by atoms with Crippen molar-refractivity contribution in [2.24, 2.45) is 16.7 Å². The number of fused-ring (bicyclic) bond motifs is 2. The molecule has 0 aromatic heterocycles. The second-order valence-electron chi connectivity index (χ2n) is 5.86. The Morgan fingerprint density at radius 1 is 1.31 bits per heavy atom. The summed E-state index contributed by atoms with van der Waals surface area (Å²) < 4.78 is 0. The van der Waals surface area contributed by atoms with E-state index in [-0.39, 0.29) is 17.4 Å². The summed E-state index contributed by atoms with van der Waals surface area (Å²) in [5, 5.41) is 19.9. The second kappa shape index (κ2) is 2.29. The van der Waals surface area contributed by atoms with Gasteiger partial charge in [0.15, 0.2) is 0 Å². The molecule has 13 heavy (non-hydrogen) atoms. The third kappa shape index (κ3) is 0.909. The van der Waals surface area contributed by atoms with Gasteiger partial charge >= 0.3 is 0 Å². The molecule has 0 saturated heterocycles. The third-order valence-corrected chi connectivity index (χ3v) is 4.70. The monoisotopic (exact) mass is 184 g/mol. The van der Waals surface area contributed by atoms with Crippen molar-refractivity contribution in [1.82, 2.24) is 0 Å². The molecule has 0 amide bonds. The van der Waals surface area contributed by atoms with Crippen molar-refractivity contribution in [1.29, 1.82) is 0 Å². The third-order valence-electron chi connectivity index (χ3n) is 4.70. The number of aliphatic hydroxyl groups excluding tert-OH is 1. The van der Waals surface area contributed by atoms with Gasteiger partial charge in [-0.05, 0) is 30.6 Å². The van der Waals surface area contributed by atoms with Gasteiger partial charge in [0, 0.05) is 5.41 Å². The Hall–Kier alpha value is -0.0800. The molecule has 3 atom stereocenters. The van der Waals surface area contributed by atoms with Gasteiger partial charge in [0.2, 0.25) is 0 Å². The highest BCUT2D eigenvalue weighted by Crippen LogP contribution is 2.67. The van der Waals surface area contributed by atoms with Crippen molar-refractivity contribution in [3.63, 3.8) is 0 Å². The highest BCUT2D eigenvalue weighted by molar-refractivity contribution is 5.17. The molecule has 2 fully saturated rings. The van der Waals surface area contributed by atoms with Crippen LogP contribution in [0.4, 0.5) is 0 Å². The number of rotatable bonds is 1. The van der Waals surface area contributed by atoms with Crippen molar-refractivity contribution in [3.05, 3.63) is 0 Å².